The van der Waals surface area contributed by atoms with Gasteiger partial charge in [0.25, 0.3) is 0 Å². The molecule has 1 aromatic carbocycles. The summed E-state index contributed by atoms with van der Waals surface area (Å²) in [5.41, 5.74) is 1.36. The Hall–Kier alpha value is -0.870. The monoisotopic (exact) mass is 350 g/mol. The smallest absolute Gasteiger partial charge is 0.133 e. The van der Waals surface area contributed by atoms with Crippen molar-refractivity contribution in [2.75, 3.05) is 0 Å². The van der Waals surface area contributed by atoms with Crippen LogP contribution < -0.4 is 0 Å². The predicted octanol–water partition coefficient (Wildman–Crippen LogP) is 5.64. The van der Waals surface area contributed by atoms with Crippen LogP contribution in [0.1, 0.15) is 50.9 Å². The Morgan fingerprint density at radius 1 is 0.950 bits per heavy atom. The highest BCUT2D eigenvalue weighted by Crippen LogP contribution is 2.29. The highest BCUT2D eigenvalue weighted by atomic mass is 79.9. The van der Waals surface area contributed by atoms with Crippen LogP contribution in [-0.2, 0) is 0 Å². The van der Waals surface area contributed by atoms with Crippen LogP contribution in [-0.4, -0.2) is 9.97 Å². The second kappa shape index (κ2) is 6.72. The van der Waals surface area contributed by atoms with Gasteiger partial charge in [-0.1, -0.05) is 51.6 Å². The topological polar surface area (TPSA) is 25.8 Å². The first-order chi connectivity index (χ1) is 9.45. The highest BCUT2D eigenvalue weighted by molar-refractivity contribution is 9.10. The summed E-state index contributed by atoms with van der Waals surface area (Å²) in [7, 11) is 0. The van der Waals surface area contributed by atoms with E-state index in [2.05, 4.69) is 77.9 Å². The molecular weight excluding hydrogens is 332 g/mol. The molecule has 0 radical (unpaired) electrons. The van der Waals surface area contributed by atoms with E-state index in [4.69, 9.17) is 0 Å². The molecule has 0 saturated heterocycles. The first-order valence-electron chi connectivity index (χ1n) is 6.78. The third-order valence-electron chi connectivity index (χ3n) is 2.97. The quantitative estimate of drug-likeness (QED) is 0.667. The SMILES string of the molecule is CC(C)c1ccc(Sc2cc(Br)nc(C(C)C)n2)cc1. The Balaban J connectivity index is 2.21. The molecule has 0 spiro atoms. The first-order valence-corrected chi connectivity index (χ1v) is 8.39. The summed E-state index contributed by atoms with van der Waals surface area (Å²) >= 11 is 5.13. The molecule has 20 heavy (non-hydrogen) atoms. The van der Waals surface area contributed by atoms with Gasteiger partial charge in [0.2, 0.25) is 0 Å². The number of nitrogens with zero attached hydrogens (tertiary/aromatic N) is 2. The maximum absolute atomic E-state index is 4.61. The molecule has 4 heteroatoms. The van der Waals surface area contributed by atoms with Crippen molar-refractivity contribution in [3.63, 3.8) is 0 Å². The number of aromatic nitrogens is 2. The van der Waals surface area contributed by atoms with Gasteiger partial charge in [-0.05, 0) is 39.5 Å². The van der Waals surface area contributed by atoms with E-state index in [0.29, 0.717) is 11.8 Å². The Morgan fingerprint density at radius 3 is 2.15 bits per heavy atom. The third kappa shape index (κ3) is 4.06. The standard InChI is InChI=1S/C16H19BrN2S/c1-10(2)12-5-7-13(8-6-12)20-15-9-14(17)18-16(19-15)11(3)4/h5-11H,1-4H3. The van der Waals surface area contributed by atoms with Crippen molar-refractivity contribution in [3.8, 4) is 0 Å². The molecule has 0 unspecified atom stereocenters. The van der Waals surface area contributed by atoms with Crippen molar-refractivity contribution >= 4 is 27.7 Å². The van der Waals surface area contributed by atoms with Crippen LogP contribution >= 0.6 is 27.7 Å². The number of halogens is 1. The van der Waals surface area contributed by atoms with E-state index >= 15 is 0 Å². The molecular formula is C16H19BrN2S. The van der Waals surface area contributed by atoms with Crippen molar-refractivity contribution in [1.29, 1.82) is 0 Å². The maximum Gasteiger partial charge on any atom is 0.133 e. The second-order valence-corrected chi connectivity index (χ2v) is 7.27. The van der Waals surface area contributed by atoms with E-state index in [1.807, 2.05) is 6.07 Å². The molecule has 0 aliphatic heterocycles. The fourth-order valence-electron chi connectivity index (χ4n) is 1.77. The average Bonchev–Trinajstić information content (AvgIpc) is 2.38. The van der Waals surface area contributed by atoms with Crippen molar-refractivity contribution < 1.29 is 0 Å². The first kappa shape index (κ1) is 15.5. The molecule has 106 valence electrons. The molecule has 2 aromatic rings. The zero-order valence-electron chi connectivity index (χ0n) is 12.2. The summed E-state index contributed by atoms with van der Waals surface area (Å²) < 4.78 is 0.845. The van der Waals surface area contributed by atoms with Crippen molar-refractivity contribution in [2.45, 2.75) is 49.5 Å². The van der Waals surface area contributed by atoms with Gasteiger partial charge in [0, 0.05) is 16.9 Å². The molecule has 2 nitrogen and oxygen atoms in total. The van der Waals surface area contributed by atoms with Crippen LogP contribution in [0.5, 0.6) is 0 Å². The van der Waals surface area contributed by atoms with Gasteiger partial charge in [0.1, 0.15) is 15.5 Å². The van der Waals surface area contributed by atoms with Crippen LogP contribution in [0.4, 0.5) is 0 Å². The summed E-state index contributed by atoms with van der Waals surface area (Å²) in [6.07, 6.45) is 0. The van der Waals surface area contributed by atoms with E-state index < -0.39 is 0 Å². The van der Waals surface area contributed by atoms with Crippen LogP contribution in [0.15, 0.2) is 44.9 Å². The predicted molar refractivity (Wildman–Crippen MR) is 88.5 cm³/mol. The van der Waals surface area contributed by atoms with Gasteiger partial charge in [-0.2, -0.15) is 0 Å². The second-order valence-electron chi connectivity index (χ2n) is 5.37. The zero-order valence-corrected chi connectivity index (χ0v) is 14.6. The summed E-state index contributed by atoms with van der Waals surface area (Å²) in [5, 5.41) is 0.980. The van der Waals surface area contributed by atoms with Crippen LogP contribution in [0, 0.1) is 0 Å². The molecule has 0 amide bonds. The van der Waals surface area contributed by atoms with E-state index in [1.165, 1.54) is 10.5 Å². The summed E-state index contributed by atoms with van der Waals surface area (Å²) in [5.74, 6) is 1.77. The van der Waals surface area contributed by atoms with Gasteiger partial charge in [0.05, 0.1) is 0 Å². The van der Waals surface area contributed by atoms with Crippen LogP contribution in [0.25, 0.3) is 0 Å². The highest BCUT2D eigenvalue weighted by Gasteiger charge is 2.08. The Morgan fingerprint density at radius 2 is 1.60 bits per heavy atom. The summed E-state index contributed by atoms with van der Waals surface area (Å²) in [6.45, 7) is 8.62. The van der Waals surface area contributed by atoms with Gasteiger partial charge >= 0.3 is 0 Å². The van der Waals surface area contributed by atoms with E-state index in [-0.39, 0.29) is 0 Å². The van der Waals surface area contributed by atoms with Crippen molar-refractivity contribution in [3.05, 3.63) is 46.3 Å². The Kier molecular flexibility index (Phi) is 5.22. The van der Waals surface area contributed by atoms with Gasteiger partial charge < -0.3 is 0 Å². The van der Waals surface area contributed by atoms with Gasteiger partial charge in [0.15, 0.2) is 0 Å². The molecule has 0 saturated carbocycles. The zero-order chi connectivity index (χ0) is 14.7. The largest absolute Gasteiger partial charge is 0.226 e. The number of rotatable bonds is 4. The number of hydrogen-bond acceptors (Lipinski definition) is 3. The minimum Gasteiger partial charge on any atom is -0.226 e. The summed E-state index contributed by atoms with van der Waals surface area (Å²) in [4.78, 5) is 10.2. The number of benzene rings is 1. The normalized spacial score (nSPS) is 11.3. The molecule has 0 N–H and O–H groups in total. The molecule has 1 heterocycles. The molecule has 0 aliphatic rings. The lowest BCUT2D eigenvalue weighted by atomic mass is 10.0. The van der Waals surface area contributed by atoms with Crippen molar-refractivity contribution in [2.24, 2.45) is 0 Å². The maximum atomic E-state index is 4.61. The minimum atomic E-state index is 0.329. The van der Waals surface area contributed by atoms with Crippen LogP contribution in [0.3, 0.4) is 0 Å². The minimum absolute atomic E-state index is 0.329. The Labute approximate surface area is 133 Å². The average molecular weight is 351 g/mol. The van der Waals surface area contributed by atoms with E-state index in [0.717, 1.165) is 15.5 Å². The molecule has 0 aliphatic carbocycles. The van der Waals surface area contributed by atoms with Gasteiger partial charge in [-0.25, -0.2) is 9.97 Å². The number of hydrogen-bond donors (Lipinski definition) is 0. The van der Waals surface area contributed by atoms with E-state index in [1.54, 1.807) is 11.8 Å². The molecule has 0 atom stereocenters. The van der Waals surface area contributed by atoms with Gasteiger partial charge in [-0.15, -0.1) is 0 Å². The fourth-order valence-corrected chi connectivity index (χ4v) is 3.14. The fraction of sp³-hybridized carbons (Fsp3) is 0.375. The van der Waals surface area contributed by atoms with E-state index in [9.17, 15) is 0 Å². The van der Waals surface area contributed by atoms with Crippen molar-refractivity contribution in [1.82, 2.24) is 9.97 Å². The third-order valence-corrected chi connectivity index (χ3v) is 4.31. The lowest BCUT2D eigenvalue weighted by Crippen LogP contribution is -1.98. The lowest BCUT2D eigenvalue weighted by molar-refractivity contribution is 0.748. The Bertz CT molecular complexity index is 580. The molecule has 1 aromatic heterocycles. The van der Waals surface area contributed by atoms with Crippen LogP contribution in [0.2, 0.25) is 0 Å². The van der Waals surface area contributed by atoms with Gasteiger partial charge in [-0.3, -0.25) is 0 Å². The molecule has 0 bridgehead atoms. The lowest BCUT2D eigenvalue weighted by Gasteiger charge is -2.09. The summed E-state index contributed by atoms with van der Waals surface area (Å²) in [6, 6.07) is 10.7. The molecule has 2 rings (SSSR count). The molecule has 0 fully saturated rings.